The third kappa shape index (κ3) is 14.6. The average Bonchev–Trinajstić information content (AvgIpc) is 3.80. The number of rotatable bonds is 14. The molecule has 7 amide bonds. The van der Waals surface area contributed by atoms with Crippen LogP contribution in [-0.4, -0.2) is 140 Å². The highest BCUT2D eigenvalue weighted by Crippen LogP contribution is 2.32. The van der Waals surface area contributed by atoms with Gasteiger partial charge in [-0.1, -0.05) is 102 Å². The maximum absolute atomic E-state index is 15.6. The predicted molar refractivity (Wildman–Crippen MR) is 305 cm³/mol. The van der Waals surface area contributed by atoms with Gasteiger partial charge in [-0.3, -0.25) is 33.6 Å². The Labute approximate surface area is 470 Å². The van der Waals surface area contributed by atoms with E-state index in [-0.39, 0.29) is 62.4 Å². The quantitative estimate of drug-likeness (QED) is 0.0965. The number of hydrogen-bond donors (Lipinski definition) is 4. The minimum atomic E-state index is -1.33. The highest BCUT2D eigenvalue weighted by atomic mass is 19.1. The molecule has 7 atom stereocenters. The number of benzene rings is 2. The topological polar surface area (TPSA) is 217 Å². The molecule has 4 N–H and O–H groups in total. The minimum absolute atomic E-state index is 0.000458. The number of alkyl halides is 1. The van der Waals surface area contributed by atoms with Crippen molar-refractivity contribution in [1.29, 1.82) is 0 Å². The molecule has 19 heteroatoms. The van der Waals surface area contributed by atoms with Crippen LogP contribution in [0.3, 0.4) is 0 Å². The van der Waals surface area contributed by atoms with Crippen LogP contribution >= 0.6 is 0 Å². The summed E-state index contributed by atoms with van der Waals surface area (Å²) in [6.45, 7) is 16.4. The Morgan fingerprint density at radius 3 is 2.14 bits per heavy atom. The zero-order chi connectivity index (χ0) is 58.0. The van der Waals surface area contributed by atoms with Gasteiger partial charge in [-0.15, -0.1) is 6.58 Å². The first kappa shape index (κ1) is 60.5. The van der Waals surface area contributed by atoms with Crippen LogP contribution in [0, 0.1) is 17.8 Å². The van der Waals surface area contributed by atoms with Crippen molar-refractivity contribution in [3.05, 3.63) is 90.8 Å². The number of fused-ring (bicyclic) bond motifs is 4. The second-order valence-corrected chi connectivity index (χ2v) is 23.5. The lowest BCUT2D eigenvalue weighted by Crippen LogP contribution is -2.61. The smallest absolute Gasteiger partial charge is 0.319 e. The zero-order valence-electron chi connectivity index (χ0n) is 48.1. The lowest BCUT2D eigenvalue weighted by molar-refractivity contribution is -0.150. The molecule has 3 aliphatic rings. The van der Waals surface area contributed by atoms with Crippen LogP contribution in [0.25, 0.3) is 21.8 Å². The molecule has 80 heavy (non-hydrogen) atoms. The molecule has 0 spiro atoms. The summed E-state index contributed by atoms with van der Waals surface area (Å²) >= 11 is 0. The van der Waals surface area contributed by atoms with E-state index in [0.717, 1.165) is 48.6 Å². The van der Waals surface area contributed by atoms with E-state index in [0.29, 0.717) is 29.3 Å². The molecule has 432 valence electrons. The van der Waals surface area contributed by atoms with Crippen molar-refractivity contribution in [3.8, 4) is 6.01 Å². The molecule has 2 fully saturated rings. The van der Waals surface area contributed by atoms with E-state index >= 15 is 24.0 Å². The fraction of sp³-hybridized carbons (Fsp3) is 0.557. The Morgan fingerprint density at radius 1 is 0.775 bits per heavy atom. The molecule has 18 nitrogen and oxygen atoms in total. The lowest BCUT2D eigenvalue weighted by Gasteiger charge is -2.39. The number of nitrogens with zero attached hydrogens (tertiary/aromatic N) is 6. The predicted octanol–water partition coefficient (Wildman–Crippen LogP) is 6.83. The van der Waals surface area contributed by atoms with Crippen molar-refractivity contribution < 1.29 is 42.7 Å². The summed E-state index contributed by atoms with van der Waals surface area (Å²) in [5.41, 5.74) is 2.09. The Hall–Kier alpha value is -7.18. The molecule has 1 saturated heterocycles. The van der Waals surface area contributed by atoms with E-state index in [4.69, 9.17) is 4.74 Å². The Bertz CT molecular complexity index is 2930. The number of aromatic nitrogens is 3. The van der Waals surface area contributed by atoms with Crippen LogP contribution < -0.4 is 26.0 Å². The molecule has 2 aliphatic heterocycles. The van der Waals surface area contributed by atoms with Crippen molar-refractivity contribution in [2.45, 2.75) is 173 Å². The first-order valence-corrected chi connectivity index (χ1v) is 28.5. The van der Waals surface area contributed by atoms with Gasteiger partial charge in [0.05, 0.1) is 11.1 Å². The molecular formula is C61H83FN10O8. The van der Waals surface area contributed by atoms with Crippen molar-refractivity contribution in [2.24, 2.45) is 17.8 Å². The second kappa shape index (κ2) is 26.9. The van der Waals surface area contributed by atoms with Gasteiger partial charge in [0.25, 0.3) is 0 Å². The highest BCUT2D eigenvalue weighted by Gasteiger charge is 2.42. The maximum atomic E-state index is 15.6. The fourth-order valence-corrected chi connectivity index (χ4v) is 11.5. The van der Waals surface area contributed by atoms with E-state index in [9.17, 15) is 14.0 Å². The number of carbonyl (C=O) groups excluding carboxylic acids is 7. The molecule has 1 aliphatic carbocycles. The fourth-order valence-electron chi connectivity index (χ4n) is 11.5. The Balaban J connectivity index is 1.36. The van der Waals surface area contributed by atoms with Gasteiger partial charge in [0.15, 0.2) is 0 Å². The molecule has 4 heterocycles. The van der Waals surface area contributed by atoms with E-state index in [1.165, 1.54) is 41.9 Å². The minimum Gasteiger partial charge on any atom is -0.431 e. The molecule has 2 aromatic heterocycles. The molecular weight excluding hydrogens is 1020 g/mol. The summed E-state index contributed by atoms with van der Waals surface area (Å²) < 4.78 is 20.0. The number of likely N-dealkylation sites (N-methyl/N-ethyl adjacent to an activating group) is 2. The van der Waals surface area contributed by atoms with Gasteiger partial charge < -0.3 is 45.3 Å². The van der Waals surface area contributed by atoms with Crippen molar-refractivity contribution in [2.75, 3.05) is 27.5 Å². The summed E-state index contributed by atoms with van der Waals surface area (Å²) in [6, 6.07) is 4.54. The summed E-state index contributed by atoms with van der Waals surface area (Å²) in [6.07, 6.45) is 14.9. The first-order valence-electron chi connectivity index (χ1n) is 28.5. The number of amides is 7. The van der Waals surface area contributed by atoms with Crippen molar-refractivity contribution in [3.63, 3.8) is 0 Å². The van der Waals surface area contributed by atoms with Gasteiger partial charge >= 0.3 is 6.01 Å². The monoisotopic (exact) mass is 1100 g/mol. The SMILES string of the molecule is C=CC(C)(C)n1cc(C[C@@H]2NC(=O)[C@H](CC3CCCCC3)NC(=O)[C@H](CC(C)C)N3CC/C=C\C[C@@H](C3=O)N(C)C(=O)[C@H](C)NC(=O)[C@H](Cc3ccc4nc(OCF)ncc4c3)NC(=O)[C@H](CC(C)C)N(C)C2=O)c2ccccc21. The number of halogens is 1. The highest BCUT2D eigenvalue weighted by molar-refractivity contribution is 5.99. The summed E-state index contributed by atoms with van der Waals surface area (Å²) in [5, 5.41) is 13.4. The van der Waals surface area contributed by atoms with E-state index < -0.39 is 96.0 Å². The van der Waals surface area contributed by atoms with Gasteiger partial charge in [-0.05, 0) is 100.0 Å². The van der Waals surface area contributed by atoms with Gasteiger partial charge in [0, 0.05) is 62.2 Å². The lowest BCUT2D eigenvalue weighted by atomic mass is 9.84. The average molecular weight is 1100 g/mol. The van der Waals surface area contributed by atoms with Gasteiger partial charge in [-0.25, -0.2) is 9.37 Å². The number of hydrogen-bond acceptors (Lipinski definition) is 10. The summed E-state index contributed by atoms with van der Waals surface area (Å²) in [5.74, 6) is -4.22. The summed E-state index contributed by atoms with van der Waals surface area (Å²) in [4.78, 5) is 118. The largest absolute Gasteiger partial charge is 0.431 e. The van der Waals surface area contributed by atoms with Crippen LogP contribution in [0.2, 0.25) is 0 Å². The third-order valence-electron chi connectivity index (χ3n) is 16.1. The number of allylic oxidation sites excluding steroid dienone is 1. The molecule has 0 unspecified atom stereocenters. The Morgan fingerprint density at radius 2 is 1.44 bits per heavy atom. The standard InChI is InChI=1S/C61H83FN10O8/c1-11-61(7,8)72-35-43(44-22-17-18-23-49(44)72)33-48-58(78)70(10)51(28-37(2)3)55(75)65-47(32-41-25-26-45-42(30-41)34-63-60(68-45)80-36-62)53(73)64-39(6)57(77)69(9)50-24-16-13-19-27-71(59(50)79)52(29-38(4)5)56(76)66-46(54(74)67-48)31-40-20-14-12-15-21-40/h11,13,16-18,22-23,25-26,30,34-35,37-40,46-48,50-52H,1,12,14-15,19-21,24,27-29,31-33,36H2,2-10H3,(H,64,73)(H,65,75)(H,66,76)(H,67,74)/b16-13-/t39-,46-,47-,48-,50-,51-,52-/m0/s1. The summed E-state index contributed by atoms with van der Waals surface area (Å²) in [7, 11) is 3.02. The third-order valence-corrected chi connectivity index (χ3v) is 16.1. The van der Waals surface area contributed by atoms with Crippen LogP contribution in [0.1, 0.15) is 124 Å². The van der Waals surface area contributed by atoms with Crippen LogP contribution in [0.4, 0.5) is 4.39 Å². The van der Waals surface area contributed by atoms with Crippen molar-refractivity contribution >= 4 is 63.2 Å². The first-order chi connectivity index (χ1) is 38.1. The number of nitrogens with one attached hydrogen (secondary N) is 4. The van der Waals surface area contributed by atoms with Crippen molar-refractivity contribution in [1.82, 2.24) is 50.5 Å². The van der Waals surface area contributed by atoms with Gasteiger partial charge in [0.2, 0.25) is 48.2 Å². The van der Waals surface area contributed by atoms with Crippen LogP contribution in [-0.2, 0) is 51.9 Å². The van der Waals surface area contributed by atoms with E-state index in [2.05, 4.69) is 42.4 Å². The van der Waals surface area contributed by atoms with Gasteiger partial charge in [-0.2, -0.15) is 4.98 Å². The number of ether oxygens (including phenoxy) is 1. The molecule has 2 aromatic carbocycles. The molecule has 0 radical (unpaired) electrons. The molecule has 7 rings (SSSR count). The molecule has 2 bridgehead atoms. The Kier molecular flexibility index (Phi) is 20.3. The van der Waals surface area contributed by atoms with Crippen LogP contribution in [0.15, 0.2) is 79.7 Å². The number of carbonyl (C=O) groups is 7. The van der Waals surface area contributed by atoms with E-state index in [1.54, 1.807) is 18.2 Å². The van der Waals surface area contributed by atoms with E-state index in [1.807, 2.05) is 90.2 Å². The van der Waals surface area contributed by atoms with Crippen LogP contribution in [0.5, 0.6) is 6.01 Å². The normalized spacial score (nSPS) is 24.5. The zero-order valence-corrected chi connectivity index (χ0v) is 48.1. The maximum Gasteiger partial charge on any atom is 0.319 e. The van der Waals surface area contributed by atoms with Gasteiger partial charge in [0.1, 0.15) is 42.3 Å². The second-order valence-electron chi connectivity index (χ2n) is 23.5. The molecule has 4 aromatic rings. The molecule has 1 saturated carbocycles. The number of para-hydroxylation sites is 1.